The van der Waals surface area contributed by atoms with Gasteiger partial charge in [0, 0.05) is 0 Å². The Morgan fingerprint density at radius 1 is 1.27 bits per heavy atom. The predicted molar refractivity (Wildman–Crippen MR) is 53.5 cm³/mol. The predicted octanol–water partition coefficient (Wildman–Crippen LogP) is 1.28. The van der Waals surface area contributed by atoms with Gasteiger partial charge in [0.15, 0.2) is 6.29 Å². The van der Waals surface area contributed by atoms with E-state index in [0.29, 0.717) is 26.4 Å². The molecule has 4 heteroatoms. The van der Waals surface area contributed by atoms with Crippen LogP contribution in [0.5, 0.6) is 5.75 Å². The molecular formula is C11H14O4. The van der Waals surface area contributed by atoms with Crippen LogP contribution in [0.15, 0.2) is 24.3 Å². The number of hydrogen-bond donors (Lipinski definition) is 1. The topological polar surface area (TPSA) is 47.9 Å². The Morgan fingerprint density at radius 3 is 2.73 bits per heavy atom. The van der Waals surface area contributed by atoms with Crippen LogP contribution in [0.1, 0.15) is 5.56 Å². The number of aromatic hydroxyl groups is 1. The summed E-state index contributed by atoms with van der Waals surface area (Å²) in [7, 11) is 0. The Balaban J connectivity index is 1.79. The van der Waals surface area contributed by atoms with Crippen molar-refractivity contribution in [2.45, 2.75) is 12.9 Å². The molecular weight excluding hydrogens is 196 g/mol. The van der Waals surface area contributed by atoms with Crippen molar-refractivity contribution in [1.29, 1.82) is 0 Å². The zero-order valence-corrected chi connectivity index (χ0v) is 8.39. The van der Waals surface area contributed by atoms with Crippen molar-refractivity contribution in [1.82, 2.24) is 0 Å². The second-order valence-electron chi connectivity index (χ2n) is 3.35. The number of rotatable bonds is 3. The fourth-order valence-electron chi connectivity index (χ4n) is 1.34. The van der Waals surface area contributed by atoms with Crippen LogP contribution in [0, 0.1) is 0 Å². The highest BCUT2D eigenvalue weighted by molar-refractivity contribution is 5.25. The highest BCUT2D eigenvalue weighted by atomic mass is 16.7. The molecule has 1 aliphatic heterocycles. The summed E-state index contributed by atoms with van der Waals surface area (Å²) in [6.45, 7) is 2.17. The fraction of sp³-hybridized carbons (Fsp3) is 0.455. The van der Waals surface area contributed by atoms with Crippen LogP contribution in [0.4, 0.5) is 0 Å². The quantitative estimate of drug-likeness (QED) is 0.816. The molecule has 1 unspecified atom stereocenters. The van der Waals surface area contributed by atoms with E-state index >= 15 is 0 Å². The van der Waals surface area contributed by atoms with Crippen LogP contribution < -0.4 is 0 Å². The molecule has 15 heavy (non-hydrogen) atoms. The molecule has 1 aromatic carbocycles. The van der Waals surface area contributed by atoms with Gasteiger partial charge in [0.2, 0.25) is 0 Å². The molecule has 0 aromatic heterocycles. The lowest BCUT2D eigenvalue weighted by atomic mass is 10.2. The molecule has 82 valence electrons. The molecule has 0 saturated carbocycles. The maximum atomic E-state index is 9.09. The summed E-state index contributed by atoms with van der Waals surface area (Å²) in [6, 6.07) is 6.91. The summed E-state index contributed by atoms with van der Waals surface area (Å²) in [4.78, 5) is 0. The van der Waals surface area contributed by atoms with Crippen molar-refractivity contribution >= 4 is 0 Å². The maximum Gasteiger partial charge on any atom is 0.181 e. The van der Waals surface area contributed by atoms with E-state index in [0.717, 1.165) is 5.56 Å². The molecule has 4 nitrogen and oxygen atoms in total. The van der Waals surface area contributed by atoms with Crippen LogP contribution in [0.3, 0.4) is 0 Å². The highest BCUT2D eigenvalue weighted by Crippen LogP contribution is 2.12. The van der Waals surface area contributed by atoms with Gasteiger partial charge in [-0.1, -0.05) is 12.1 Å². The lowest BCUT2D eigenvalue weighted by Gasteiger charge is -2.22. The number of phenols is 1. The standard InChI is InChI=1S/C11H14O4/c12-10-3-1-9(2-4-10)7-15-11-8-13-5-6-14-11/h1-4,11-12H,5-8H2. The normalized spacial score (nSPS) is 21.5. The summed E-state index contributed by atoms with van der Waals surface area (Å²) < 4.78 is 16.0. The summed E-state index contributed by atoms with van der Waals surface area (Å²) in [5, 5.41) is 9.09. The average Bonchev–Trinajstić information content (AvgIpc) is 2.30. The fourth-order valence-corrected chi connectivity index (χ4v) is 1.34. The van der Waals surface area contributed by atoms with Crippen molar-refractivity contribution in [3.63, 3.8) is 0 Å². The maximum absolute atomic E-state index is 9.09. The van der Waals surface area contributed by atoms with E-state index in [1.165, 1.54) is 0 Å². The number of benzene rings is 1. The smallest absolute Gasteiger partial charge is 0.181 e. The first-order valence-electron chi connectivity index (χ1n) is 4.93. The van der Waals surface area contributed by atoms with Crippen LogP contribution in [-0.2, 0) is 20.8 Å². The Morgan fingerprint density at radius 2 is 2.07 bits per heavy atom. The van der Waals surface area contributed by atoms with Gasteiger partial charge < -0.3 is 19.3 Å². The molecule has 1 saturated heterocycles. The molecule has 0 bridgehead atoms. The van der Waals surface area contributed by atoms with Crippen molar-refractivity contribution in [3.05, 3.63) is 29.8 Å². The second-order valence-corrected chi connectivity index (χ2v) is 3.35. The highest BCUT2D eigenvalue weighted by Gasteiger charge is 2.14. The molecule has 1 fully saturated rings. The summed E-state index contributed by atoms with van der Waals surface area (Å²) in [5.41, 5.74) is 1.00. The molecule has 1 N–H and O–H groups in total. The lowest BCUT2D eigenvalue weighted by molar-refractivity contribution is -0.216. The van der Waals surface area contributed by atoms with Gasteiger partial charge in [-0.05, 0) is 17.7 Å². The third-order valence-corrected chi connectivity index (χ3v) is 2.16. The number of hydrogen-bond acceptors (Lipinski definition) is 4. The van der Waals surface area contributed by atoms with Gasteiger partial charge in [0.25, 0.3) is 0 Å². The number of ether oxygens (including phenoxy) is 3. The first-order chi connectivity index (χ1) is 7.34. The van der Waals surface area contributed by atoms with Gasteiger partial charge in [-0.15, -0.1) is 0 Å². The van der Waals surface area contributed by atoms with Gasteiger partial charge in [0.1, 0.15) is 5.75 Å². The summed E-state index contributed by atoms with van der Waals surface area (Å²) in [5.74, 6) is 0.260. The van der Waals surface area contributed by atoms with E-state index in [1.54, 1.807) is 12.1 Å². The first kappa shape index (κ1) is 10.4. The van der Waals surface area contributed by atoms with Gasteiger partial charge in [-0.2, -0.15) is 0 Å². The Labute approximate surface area is 88.4 Å². The van der Waals surface area contributed by atoms with Crippen molar-refractivity contribution in [3.8, 4) is 5.75 Å². The van der Waals surface area contributed by atoms with E-state index in [-0.39, 0.29) is 12.0 Å². The van der Waals surface area contributed by atoms with Gasteiger partial charge in [-0.25, -0.2) is 0 Å². The Hall–Kier alpha value is -1.10. The lowest BCUT2D eigenvalue weighted by Crippen LogP contribution is -2.30. The summed E-state index contributed by atoms with van der Waals surface area (Å²) in [6.07, 6.45) is -0.271. The van der Waals surface area contributed by atoms with Crippen molar-refractivity contribution in [2.24, 2.45) is 0 Å². The molecule has 0 aliphatic carbocycles. The largest absolute Gasteiger partial charge is 0.508 e. The SMILES string of the molecule is Oc1ccc(COC2COCCO2)cc1. The van der Waals surface area contributed by atoms with E-state index in [2.05, 4.69) is 0 Å². The van der Waals surface area contributed by atoms with Crippen molar-refractivity contribution in [2.75, 3.05) is 19.8 Å². The molecule has 1 atom stereocenters. The molecule has 2 rings (SSSR count). The molecule has 1 aromatic rings. The molecule has 1 aliphatic rings. The summed E-state index contributed by atoms with van der Waals surface area (Å²) >= 11 is 0. The second kappa shape index (κ2) is 5.11. The van der Waals surface area contributed by atoms with Gasteiger partial charge in [0.05, 0.1) is 26.4 Å². The number of phenolic OH excluding ortho intramolecular Hbond substituents is 1. The van der Waals surface area contributed by atoms with Crippen molar-refractivity contribution < 1.29 is 19.3 Å². The van der Waals surface area contributed by atoms with Crippen LogP contribution in [0.25, 0.3) is 0 Å². The zero-order chi connectivity index (χ0) is 10.5. The van der Waals surface area contributed by atoms with Gasteiger partial charge >= 0.3 is 0 Å². The first-order valence-corrected chi connectivity index (χ1v) is 4.93. The molecule has 1 heterocycles. The molecule has 0 amide bonds. The minimum Gasteiger partial charge on any atom is -0.508 e. The Bertz CT molecular complexity index is 290. The minimum atomic E-state index is -0.271. The van der Waals surface area contributed by atoms with E-state index < -0.39 is 0 Å². The monoisotopic (exact) mass is 210 g/mol. The van der Waals surface area contributed by atoms with Gasteiger partial charge in [-0.3, -0.25) is 0 Å². The third kappa shape index (κ3) is 3.20. The zero-order valence-electron chi connectivity index (χ0n) is 8.39. The minimum absolute atomic E-state index is 0.260. The Kier molecular flexibility index (Phi) is 3.55. The van der Waals surface area contributed by atoms with E-state index in [9.17, 15) is 0 Å². The third-order valence-electron chi connectivity index (χ3n) is 2.16. The average molecular weight is 210 g/mol. The van der Waals surface area contributed by atoms with Crippen LogP contribution in [0.2, 0.25) is 0 Å². The van der Waals surface area contributed by atoms with Crippen LogP contribution in [-0.4, -0.2) is 31.2 Å². The van der Waals surface area contributed by atoms with E-state index in [4.69, 9.17) is 19.3 Å². The molecule has 0 spiro atoms. The molecule has 0 radical (unpaired) electrons. The van der Waals surface area contributed by atoms with Crippen LogP contribution >= 0.6 is 0 Å². The van der Waals surface area contributed by atoms with E-state index in [1.807, 2.05) is 12.1 Å².